The zero-order chi connectivity index (χ0) is 20.2. The minimum atomic E-state index is 0.00986. The third-order valence-corrected chi connectivity index (χ3v) is 5.54. The monoisotopic (exact) mass is 412 g/mol. The van der Waals surface area contributed by atoms with Crippen LogP contribution in [0.1, 0.15) is 25.3 Å². The highest BCUT2D eigenvalue weighted by atomic mass is 35.5. The summed E-state index contributed by atoms with van der Waals surface area (Å²) in [6.07, 6.45) is 1.98. The Morgan fingerprint density at radius 3 is 2.76 bits per heavy atom. The molecule has 3 aromatic rings. The van der Waals surface area contributed by atoms with Crippen molar-refractivity contribution in [1.29, 1.82) is 0 Å². The van der Waals surface area contributed by atoms with Crippen molar-refractivity contribution in [2.45, 2.75) is 32.4 Å². The molecule has 0 atom stereocenters. The van der Waals surface area contributed by atoms with Gasteiger partial charge in [-0.2, -0.15) is 4.98 Å². The van der Waals surface area contributed by atoms with Crippen molar-refractivity contribution < 1.29 is 9.84 Å². The maximum absolute atomic E-state index is 10.5. The van der Waals surface area contributed by atoms with Crippen LogP contribution in [0.4, 0.5) is 5.95 Å². The molecule has 1 aliphatic rings. The van der Waals surface area contributed by atoms with Gasteiger partial charge in [0.25, 0.3) is 0 Å². The van der Waals surface area contributed by atoms with Crippen LogP contribution in [-0.2, 0) is 6.54 Å². The van der Waals surface area contributed by atoms with Crippen molar-refractivity contribution in [3.63, 3.8) is 0 Å². The highest BCUT2D eigenvalue weighted by Gasteiger charge is 2.25. The number of halogens is 1. The second kappa shape index (κ2) is 8.84. The Morgan fingerprint density at radius 1 is 1.17 bits per heavy atom. The van der Waals surface area contributed by atoms with E-state index in [0.29, 0.717) is 35.3 Å². The van der Waals surface area contributed by atoms with E-state index in [1.807, 2.05) is 49.4 Å². The van der Waals surface area contributed by atoms with E-state index >= 15 is 0 Å². The lowest BCUT2D eigenvalue weighted by molar-refractivity contribution is 0.340. The molecule has 0 amide bonds. The minimum absolute atomic E-state index is 0.00986. The molecular formula is C22H25ClN4O2. The largest absolute Gasteiger partial charge is 0.493 e. The lowest BCUT2D eigenvalue weighted by atomic mass is 10.0. The van der Waals surface area contributed by atoms with Gasteiger partial charge in [-0.15, -0.1) is 0 Å². The lowest BCUT2D eigenvalue weighted by Crippen LogP contribution is -2.43. The van der Waals surface area contributed by atoms with Crippen LogP contribution in [0.15, 0.2) is 42.5 Å². The Balaban J connectivity index is 1.72. The van der Waals surface area contributed by atoms with Crippen LogP contribution in [0.3, 0.4) is 0 Å². The van der Waals surface area contributed by atoms with Gasteiger partial charge in [-0.1, -0.05) is 29.8 Å². The number of aromatic hydroxyl groups is 1. The first kappa shape index (κ1) is 19.7. The molecule has 152 valence electrons. The average Bonchev–Trinajstić information content (AvgIpc) is 2.75. The molecule has 1 saturated heterocycles. The first-order chi connectivity index (χ1) is 14.2. The molecule has 2 heterocycles. The molecule has 0 aliphatic carbocycles. The van der Waals surface area contributed by atoms with Gasteiger partial charge in [0.1, 0.15) is 5.75 Å². The average molecular weight is 413 g/mol. The Bertz CT molecular complexity index is 992. The van der Waals surface area contributed by atoms with Crippen LogP contribution >= 0.6 is 11.6 Å². The van der Waals surface area contributed by atoms with Crippen molar-refractivity contribution >= 4 is 28.5 Å². The quantitative estimate of drug-likeness (QED) is 0.633. The first-order valence-corrected chi connectivity index (χ1v) is 10.4. The van der Waals surface area contributed by atoms with E-state index in [1.165, 1.54) is 0 Å². The molecule has 2 aromatic carbocycles. The zero-order valence-corrected chi connectivity index (χ0v) is 17.2. The van der Waals surface area contributed by atoms with Crippen molar-refractivity contribution in [2.24, 2.45) is 0 Å². The number of hydrogen-bond acceptors (Lipinski definition) is 6. The normalized spacial score (nSPS) is 14.8. The summed E-state index contributed by atoms with van der Waals surface area (Å²) >= 11 is 6.26. The molecule has 6 nitrogen and oxygen atoms in total. The molecular weight excluding hydrogens is 388 g/mol. The second-order valence-corrected chi connectivity index (χ2v) is 7.58. The van der Waals surface area contributed by atoms with Gasteiger partial charge in [0.05, 0.1) is 22.5 Å². The highest BCUT2D eigenvalue weighted by molar-refractivity contribution is 6.32. The van der Waals surface area contributed by atoms with Crippen LogP contribution in [-0.4, -0.2) is 40.8 Å². The Labute approximate surface area is 175 Å². The SMILES string of the molecule is CCOc1cc(CN(c2nc(O)c3ccccc3n2)C2CCNCC2)ccc1Cl. The smallest absolute Gasteiger partial charge is 0.229 e. The number of benzene rings is 2. The molecule has 0 saturated carbocycles. The second-order valence-electron chi connectivity index (χ2n) is 7.17. The highest BCUT2D eigenvalue weighted by Crippen LogP contribution is 2.30. The van der Waals surface area contributed by atoms with E-state index < -0.39 is 0 Å². The number of para-hydroxylation sites is 1. The molecule has 4 rings (SSSR count). The fourth-order valence-corrected chi connectivity index (χ4v) is 3.94. The van der Waals surface area contributed by atoms with Gasteiger partial charge in [-0.05, 0) is 62.7 Å². The van der Waals surface area contributed by atoms with E-state index in [2.05, 4.69) is 15.2 Å². The molecule has 1 fully saturated rings. The number of rotatable bonds is 6. The molecule has 0 radical (unpaired) electrons. The van der Waals surface area contributed by atoms with Crippen LogP contribution in [0.25, 0.3) is 10.9 Å². The molecule has 1 aliphatic heterocycles. The summed E-state index contributed by atoms with van der Waals surface area (Å²) in [6.45, 7) is 5.01. The summed E-state index contributed by atoms with van der Waals surface area (Å²) in [5, 5.41) is 15.2. The van der Waals surface area contributed by atoms with Crippen LogP contribution in [0.5, 0.6) is 11.6 Å². The standard InChI is InChI=1S/C22H25ClN4O2/c1-2-29-20-13-15(7-8-18(20)23)14-27(16-9-11-24-12-10-16)22-25-19-6-4-3-5-17(19)21(28)26-22/h3-8,13,16,24H,2,9-12,14H2,1H3,(H,25,26,28). The van der Waals surface area contributed by atoms with Crippen molar-refractivity contribution in [1.82, 2.24) is 15.3 Å². The van der Waals surface area contributed by atoms with E-state index in [-0.39, 0.29) is 11.9 Å². The molecule has 29 heavy (non-hydrogen) atoms. The van der Waals surface area contributed by atoms with Gasteiger partial charge >= 0.3 is 0 Å². The molecule has 0 unspecified atom stereocenters. The van der Waals surface area contributed by atoms with Gasteiger partial charge in [0.2, 0.25) is 11.8 Å². The van der Waals surface area contributed by atoms with Crippen molar-refractivity contribution in [3.8, 4) is 11.6 Å². The number of piperidine rings is 1. The van der Waals surface area contributed by atoms with Gasteiger partial charge in [0, 0.05) is 12.6 Å². The number of fused-ring (bicyclic) bond motifs is 1. The van der Waals surface area contributed by atoms with Crippen LogP contribution in [0, 0.1) is 0 Å². The predicted molar refractivity (Wildman–Crippen MR) is 116 cm³/mol. The van der Waals surface area contributed by atoms with Gasteiger partial charge in [0.15, 0.2) is 0 Å². The Hall–Kier alpha value is -2.57. The number of anilines is 1. The minimum Gasteiger partial charge on any atom is -0.493 e. The van der Waals surface area contributed by atoms with Crippen molar-refractivity contribution in [2.75, 3.05) is 24.6 Å². The number of ether oxygens (including phenoxy) is 1. The lowest BCUT2D eigenvalue weighted by Gasteiger charge is -2.35. The van der Waals surface area contributed by atoms with E-state index in [9.17, 15) is 5.11 Å². The summed E-state index contributed by atoms with van der Waals surface area (Å²) in [5.74, 6) is 1.23. The predicted octanol–water partition coefficient (Wildman–Crippen LogP) is 4.15. The first-order valence-electron chi connectivity index (χ1n) is 10.00. The van der Waals surface area contributed by atoms with Gasteiger partial charge in [-0.3, -0.25) is 0 Å². The van der Waals surface area contributed by atoms with E-state index in [0.717, 1.165) is 37.0 Å². The number of nitrogens with zero attached hydrogens (tertiary/aromatic N) is 3. The molecule has 1 aromatic heterocycles. The van der Waals surface area contributed by atoms with Gasteiger partial charge < -0.3 is 20.1 Å². The summed E-state index contributed by atoms with van der Waals surface area (Å²) < 4.78 is 5.66. The number of aromatic nitrogens is 2. The summed E-state index contributed by atoms with van der Waals surface area (Å²) in [7, 11) is 0. The molecule has 7 heteroatoms. The topological polar surface area (TPSA) is 70.5 Å². The molecule has 0 bridgehead atoms. The summed E-state index contributed by atoms with van der Waals surface area (Å²) in [5.41, 5.74) is 1.80. The maximum Gasteiger partial charge on any atom is 0.229 e. The summed E-state index contributed by atoms with van der Waals surface area (Å²) in [4.78, 5) is 11.4. The zero-order valence-electron chi connectivity index (χ0n) is 16.4. The Kier molecular flexibility index (Phi) is 6.02. The van der Waals surface area contributed by atoms with Crippen LogP contribution < -0.4 is 15.0 Å². The van der Waals surface area contributed by atoms with Gasteiger partial charge in [-0.25, -0.2) is 4.98 Å². The fraction of sp³-hybridized carbons (Fsp3) is 0.364. The van der Waals surface area contributed by atoms with Crippen LogP contribution in [0.2, 0.25) is 5.02 Å². The third-order valence-electron chi connectivity index (χ3n) is 5.23. The Morgan fingerprint density at radius 2 is 1.97 bits per heavy atom. The fourth-order valence-electron chi connectivity index (χ4n) is 3.77. The number of hydrogen-bond donors (Lipinski definition) is 2. The number of nitrogens with one attached hydrogen (secondary N) is 1. The molecule has 2 N–H and O–H groups in total. The van der Waals surface area contributed by atoms with E-state index in [4.69, 9.17) is 21.3 Å². The third kappa shape index (κ3) is 4.38. The summed E-state index contributed by atoms with van der Waals surface area (Å²) in [6, 6.07) is 13.6. The molecule has 0 spiro atoms. The van der Waals surface area contributed by atoms with Crippen molar-refractivity contribution in [3.05, 3.63) is 53.1 Å². The maximum atomic E-state index is 10.5. The van der Waals surface area contributed by atoms with E-state index in [1.54, 1.807) is 0 Å².